The molecule has 1 N–H and O–H groups in total. The molecule has 0 saturated heterocycles. The van der Waals surface area contributed by atoms with Crippen LogP contribution < -0.4 is 10.2 Å². The van der Waals surface area contributed by atoms with Gasteiger partial charge in [-0.2, -0.15) is 5.10 Å². The lowest BCUT2D eigenvalue weighted by molar-refractivity contribution is -0.394. The average molecular weight is 424 g/mol. The van der Waals surface area contributed by atoms with Gasteiger partial charge in [0.15, 0.2) is 0 Å². The molecule has 0 bridgehead atoms. The molecule has 0 aliphatic rings. The molecule has 10 nitrogen and oxygen atoms in total. The molecule has 0 aliphatic heterocycles. The number of benzene rings is 3. The van der Waals surface area contributed by atoms with Crippen LogP contribution in [0.5, 0.6) is 11.5 Å². The molecule has 3 aromatic rings. The maximum Gasteiger partial charge on any atom is 0.318 e. The van der Waals surface area contributed by atoms with Gasteiger partial charge in [-0.15, -0.1) is 0 Å². The van der Waals surface area contributed by atoms with Crippen molar-refractivity contribution >= 4 is 23.5 Å². The predicted octanol–water partition coefficient (Wildman–Crippen LogP) is 4.20. The van der Waals surface area contributed by atoms with E-state index >= 15 is 0 Å². The second-order valence-corrected chi connectivity index (χ2v) is 6.05. The first-order valence-corrected chi connectivity index (χ1v) is 8.63. The van der Waals surface area contributed by atoms with Crippen molar-refractivity contribution in [1.82, 2.24) is 5.43 Å². The van der Waals surface area contributed by atoms with Gasteiger partial charge in [0.25, 0.3) is 11.6 Å². The molecule has 31 heavy (non-hydrogen) atoms. The van der Waals surface area contributed by atoms with E-state index in [1.54, 1.807) is 12.1 Å². The van der Waals surface area contributed by atoms with E-state index in [-0.39, 0.29) is 17.1 Å². The van der Waals surface area contributed by atoms with Crippen molar-refractivity contribution in [2.75, 3.05) is 0 Å². The van der Waals surface area contributed by atoms with Crippen LogP contribution in [0.3, 0.4) is 0 Å². The number of halogens is 1. The molecule has 0 saturated carbocycles. The van der Waals surface area contributed by atoms with Gasteiger partial charge < -0.3 is 4.74 Å². The van der Waals surface area contributed by atoms with E-state index in [4.69, 9.17) is 4.74 Å². The highest BCUT2D eigenvalue weighted by molar-refractivity contribution is 5.94. The predicted molar refractivity (Wildman–Crippen MR) is 108 cm³/mol. The number of carbonyl (C=O) groups is 1. The Balaban J connectivity index is 1.72. The van der Waals surface area contributed by atoms with E-state index in [0.29, 0.717) is 5.56 Å². The standard InChI is InChI=1S/C20H13FN4O6/c21-15-6-4-14(5-7-15)20(26)23-22-12-13-2-1-3-17(10-13)31-19-9-8-16(24(27)28)11-18(19)25(29)30/h1-12H,(H,23,26)/b22-12-. The minimum Gasteiger partial charge on any atom is -0.450 e. The van der Waals surface area contributed by atoms with Crippen LogP contribution in [0, 0.1) is 26.0 Å². The largest absolute Gasteiger partial charge is 0.450 e. The number of hydrogen-bond acceptors (Lipinski definition) is 7. The number of nitro groups is 2. The summed E-state index contributed by atoms with van der Waals surface area (Å²) in [4.78, 5) is 32.5. The summed E-state index contributed by atoms with van der Waals surface area (Å²) in [5, 5.41) is 25.8. The fourth-order valence-electron chi connectivity index (χ4n) is 2.46. The Bertz CT molecular complexity index is 1180. The number of hydrogen-bond donors (Lipinski definition) is 1. The number of rotatable bonds is 7. The first kappa shape index (κ1) is 21.0. The van der Waals surface area contributed by atoms with Gasteiger partial charge in [0, 0.05) is 11.6 Å². The Hall–Kier alpha value is -4.67. The van der Waals surface area contributed by atoms with Crippen LogP contribution in [0.25, 0.3) is 0 Å². The molecule has 0 unspecified atom stereocenters. The Labute approximate surface area is 173 Å². The van der Waals surface area contributed by atoms with Crippen LogP contribution in [0.2, 0.25) is 0 Å². The quantitative estimate of drug-likeness (QED) is 0.343. The zero-order valence-electron chi connectivity index (χ0n) is 15.6. The zero-order chi connectivity index (χ0) is 22.4. The lowest BCUT2D eigenvalue weighted by Gasteiger charge is -2.07. The van der Waals surface area contributed by atoms with Crippen LogP contribution in [-0.4, -0.2) is 22.0 Å². The number of ether oxygens (including phenoxy) is 1. The van der Waals surface area contributed by atoms with Crippen LogP contribution in [0.1, 0.15) is 15.9 Å². The van der Waals surface area contributed by atoms with Crippen molar-refractivity contribution < 1.29 is 23.8 Å². The highest BCUT2D eigenvalue weighted by Crippen LogP contribution is 2.34. The number of nitro benzene ring substituents is 2. The second-order valence-electron chi connectivity index (χ2n) is 6.05. The number of hydrazone groups is 1. The fraction of sp³-hybridized carbons (Fsp3) is 0. The molecule has 0 radical (unpaired) electrons. The molecule has 0 spiro atoms. The van der Waals surface area contributed by atoms with Crippen molar-refractivity contribution in [2.45, 2.75) is 0 Å². The zero-order valence-corrected chi connectivity index (χ0v) is 15.6. The third kappa shape index (κ3) is 5.44. The monoisotopic (exact) mass is 424 g/mol. The van der Waals surface area contributed by atoms with E-state index < -0.39 is 32.9 Å². The Kier molecular flexibility index (Phi) is 6.26. The van der Waals surface area contributed by atoms with Gasteiger partial charge in [-0.1, -0.05) is 12.1 Å². The van der Waals surface area contributed by atoms with Crippen molar-refractivity contribution in [3.8, 4) is 11.5 Å². The van der Waals surface area contributed by atoms with Gasteiger partial charge in [-0.3, -0.25) is 25.0 Å². The fourth-order valence-corrected chi connectivity index (χ4v) is 2.46. The summed E-state index contributed by atoms with van der Waals surface area (Å²) in [6, 6.07) is 14.2. The molecule has 0 aliphatic carbocycles. The maximum atomic E-state index is 12.9. The third-order valence-corrected chi connectivity index (χ3v) is 3.92. The number of amides is 1. The van der Waals surface area contributed by atoms with Crippen LogP contribution in [0.4, 0.5) is 15.8 Å². The normalized spacial score (nSPS) is 10.6. The number of non-ortho nitro benzene ring substituents is 1. The van der Waals surface area contributed by atoms with E-state index in [0.717, 1.165) is 30.3 Å². The lowest BCUT2D eigenvalue weighted by atomic mass is 10.2. The molecule has 1 amide bonds. The van der Waals surface area contributed by atoms with Gasteiger partial charge in [0.1, 0.15) is 11.6 Å². The van der Waals surface area contributed by atoms with Crippen molar-refractivity contribution in [1.29, 1.82) is 0 Å². The Morgan fingerprint density at radius 2 is 1.74 bits per heavy atom. The van der Waals surface area contributed by atoms with E-state index in [9.17, 15) is 29.4 Å². The first-order valence-electron chi connectivity index (χ1n) is 8.63. The van der Waals surface area contributed by atoms with Crippen molar-refractivity contribution in [2.24, 2.45) is 5.10 Å². The smallest absolute Gasteiger partial charge is 0.318 e. The van der Waals surface area contributed by atoms with Gasteiger partial charge in [0.2, 0.25) is 5.75 Å². The molecule has 0 fully saturated rings. The van der Waals surface area contributed by atoms with E-state index in [2.05, 4.69) is 10.5 Å². The van der Waals surface area contributed by atoms with Crippen molar-refractivity contribution in [3.05, 3.63) is 104 Å². The molecule has 3 rings (SSSR count). The maximum absolute atomic E-state index is 12.9. The van der Waals surface area contributed by atoms with Crippen LogP contribution in [0.15, 0.2) is 71.8 Å². The van der Waals surface area contributed by atoms with Crippen LogP contribution in [-0.2, 0) is 0 Å². The molecule has 0 heterocycles. The molecule has 0 atom stereocenters. The third-order valence-electron chi connectivity index (χ3n) is 3.92. The summed E-state index contributed by atoms with van der Waals surface area (Å²) >= 11 is 0. The number of nitrogens with one attached hydrogen (secondary N) is 1. The number of carbonyl (C=O) groups excluding carboxylic acids is 1. The second kappa shape index (κ2) is 9.22. The summed E-state index contributed by atoms with van der Waals surface area (Å²) in [7, 11) is 0. The highest BCUT2D eigenvalue weighted by atomic mass is 19.1. The SMILES string of the molecule is O=C(N/N=C\c1cccc(Oc2ccc([N+](=O)[O-])cc2[N+](=O)[O-])c1)c1ccc(F)cc1. The minimum atomic E-state index is -0.779. The van der Waals surface area contributed by atoms with E-state index in [1.165, 1.54) is 30.5 Å². The molecule has 3 aromatic carbocycles. The molecular formula is C20H13FN4O6. The molecular weight excluding hydrogens is 411 g/mol. The highest BCUT2D eigenvalue weighted by Gasteiger charge is 2.21. The summed E-state index contributed by atoms with van der Waals surface area (Å²) in [5.41, 5.74) is 2.03. The first-order chi connectivity index (χ1) is 14.8. The summed E-state index contributed by atoms with van der Waals surface area (Å²) in [6.07, 6.45) is 1.32. The van der Waals surface area contributed by atoms with Gasteiger partial charge >= 0.3 is 5.69 Å². The summed E-state index contributed by atoms with van der Waals surface area (Å²) < 4.78 is 18.4. The van der Waals surface area contributed by atoms with Gasteiger partial charge in [0.05, 0.1) is 22.1 Å². The Morgan fingerprint density at radius 3 is 2.42 bits per heavy atom. The average Bonchev–Trinajstić information content (AvgIpc) is 2.74. The Morgan fingerprint density at radius 1 is 1.00 bits per heavy atom. The number of nitrogens with zero attached hydrogens (tertiary/aromatic N) is 3. The molecule has 156 valence electrons. The van der Waals surface area contributed by atoms with E-state index in [1.807, 2.05) is 0 Å². The molecule has 11 heteroatoms. The minimum absolute atomic E-state index is 0.172. The van der Waals surface area contributed by atoms with Crippen molar-refractivity contribution in [3.63, 3.8) is 0 Å². The van der Waals surface area contributed by atoms with Crippen LogP contribution >= 0.6 is 0 Å². The summed E-state index contributed by atoms with van der Waals surface area (Å²) in [6.45, 7) is 0. The topological polar surface area (TPSA) is 137 Å². The summed E-state index contributed by atoms with van der Waals surface area (Å²) in [5.74, 6) is -0.963. The molecule has 0 aromatic heterocycles. The van der Waals surface area contributed by atoms with Gasteiger partial charge in [-0.25, -0.2) is 9.82 Å². The van der Waals surface area contributed by atoms with Gasteiger partial charge in [-0.05, 0) is 48.0 Å². The lowest BCUT2D eigenvalue weighted by Crippen LogP contribution is -2.17.